The average Bonchev–Trinajstić information content (AvgIpc) is 2.23. The summed E-state index contributed by atoms with van der Waals surface area (Å²) in [6.45, 7) is 2.40. The standard InChI is InChI=1S/C10H13BrClN3O/c1-6(4-13)2-9(16)15-8-3-7(11)5-14-10(8)12/h3,5-6H,2,4,13H2,1H3,(H,15,16). The lowest BCUT2D eigenvalue weighted by molar-refractivity contribution is -0.116. The van der Waals surface area contributed by atoms with Gasteiger partial charge in [-0.2, -0.15) is 0 Å². The number of nitrogens with zero attached hydrogens (tertiary/aromatic N) is 1. The molecular weight excluding hydrogens is 293 g/mol. The lowest BCUT2D eigenvalue weighted by Crippen LogP contribution is -2.20. The molecule has 0 saturated heterocycles. The van der Waals surface area contributed by atoms with Gasteiger partial charge >= 0.3 is 0 Å². The van der Waals surface area contributed by atoms with Crippen LogP contribution < -0.4 is 11.1 Å². The highest BCUT2D eigenvalue weighted by molar-refractivity contribution is 9.10. The molecule has 88 valence electrons. The third-order valence-corrected chi connectivity index (χ3v) is 2.75. The first kappa shape index (κ1) is 13.4. The predicted molar refractivity (Wildman–Crippen MR) is 68.4 cm³/mol. The van der Waals surface area contributed by atoms with Gasteiger partial charge in [-0.05, 0) is 34.5 Å². The molecule has 1 amide bonds. The van der Waals surface area contributed by atoms with Crippen molar-refractivity contribution in [3.05, 3.63) is 21.9 Å². The van der Waals surface area contributed by atoms with Crippen LogP contribution in [0.3, 0.4) is 0 Å². The number of aromatic nitrogens is 1. The van der Waals surface area contributed by atoms with Gasteiger partial charge in [0.05, 0.1) is 5.69 Å². The molecule has 0 aromatic carbocycles. The minimum absolute atomic E-state index is 0.111. The van der Waals surface area contributed by atoms with Crippen LogP contribution in [-0.2, 0) is 4.79 Å². The van der Waals surface area contributed by atoms with Crippen molar-refractivity contribution in [2.24, 2.45) is 11.7 Å². The number of halogens is 2. The molecule has 0 aliphatic heterocycles. The fourth-order valence-electron chi connectivity index (χ4n) is 1.11. The Hall–Kier alpha value is -0.650. The normalized spacial score (nSPS) is 12.2. The van der Waals surface area contributed by atoms with Crippen LogP contribution in [0.1, 0.15) is 13.3 Å². The molecule has 1 rings (SSSR count). The molecule has 0 radical (unpaired) electrons. The number of pyridine rings is 1. The molecule has 0 saturated carbocycles. The van der Waals surface area contributed by atoms with Gasteiger partial charge in [0.1, 0.15) is 0 Å². The Morgan fingerprint density at radius 1 is 1.75 bits per heavy atom. The second-order valence-corrected chi connectivity index (χ2v) is 4.86. The van der Waals surface area contributed by atoms with E-state index < -0.39 is 0 Å². The first-order valence-corrected chi connectivity index (χ1v) is 6.01. The van der Waals surface area contributed by atoms with E-state index in [0.29, 0.717) is 18.7 Å². The van der Waals surface area contributed by atoms with Gasteiger partial charge < -0.3 is 11.1 Å². The van der Waals surface area contributed by atoms with Gasteiger partial charge in [-0.1, -0.05) is 18.5 Å². The number of carbonyl (C=O) groups is 1. The maximum absolute atomic E-state index is 11.6. The van der Waals surface area contributed by atoms with Gasteiger partial charge in [-0.3, -0.25) is 4.79 Å². The van der Waals surface area contributed by atoms with Gasteiger partial charge in [-0.15, -0.1) is 0 Å². The SMILES string of the molecule is CC(CN)CC(=O)Nc1cc(Br)cnc1Cl. The maximum atomic E-state index is 11.6. The first-order valence-electron chi connectivity index (χ1n) is 4.84. The van der Waals surface area contributed by atoms with E-state index in [1.165, 1.54) is 0 Å². The van der Waals surface area contributed by atoms with Crippen molar-refractivity contribution in [2.75, 3.05) is 11.9 Å². The van der Waals surface area contributed by atoms with Crippen molar-refractivity contribution in [3.8, 4) is 0 Å². The zero-order chi connectivity index (χ0) is 12.1. The smallest absolute Gasteiger partial charge is 0.224 e. The number of rotatable bonds is 4. The highest BCUT2D eigenvalue weighted by Gasteiger charge is 2.10. The van der Waals surface area contributed by atoms with Crippen LogP contribution in [0.4, 0.5) is 5.69 Å². The summed E-state index contributed by atoms with van der Waals surface area (Å²) in [7, 11) is 0. The number of hydrogen-bond donors (Lipinski definition) is 2. The van der Waals surface area contributed by atoms with Crippen LogP contribution in [0.25, 0.3) is 0 Å². The molecule has 0 aliphatic rings. The molecule has 0 fully saturated rings. The van der Waals surface area contributed by atoms with E-state index in [4.69, 9.17) is 17.3 Å². The fourth-order valence-corrected chi connectivity index (χ4v) is 1.59. The number of hydrogen-bond acceptors (Lipinski definition) is 3. The van der Waals surface area contributed by atoms with Crippen molar-refractivity contribution < 1.29 is 4.79 Å². The summed E-state index contributed by atoms with van der Waals surface area (Å²) in [6, 6.07) is 1.71. The monoisotopic (exact) mass is 305 g/mol. The van der Waals surface area contributed by atoms with Crippen molar-refractivity contribution in [2.45, 2.75) is 13.3 Å². The summed E-state index contributed by atoms with van der Waals surface area (Å²) >= 11 is 9.10. The Kier molecular flexibility index (Phi) is 5.18. The molecule has 16 heavy (non-hydrogen) atoms. The maximum Gasteiger partial charge on any atom is 0.224 e. The molecule has 1 aromatic heterocycles. The third kappa shape index (κ3) is 4.08. The van der Waals surface area contributed by atoms with Crippen molar-refractivity contribution in [1.29, 1.82) is 0 Å². The first-order chi connectivity index (χ1) is 7.52. The predicted octanol–water partition coefficient (Wildman–Crippen LogP) is 2.42. The van der Waals surface area contributed by atoms with E-state index in [-0.39, 0.29) is 17.0 Å². The van der Waals surface area contributed by atoms with Gasteiger partial charge in [0.15, 0.2) is 5.15 Å². The van der Waals surface area contributed by atoms with Crippen molar-refractivity contribution >= 4 is 39.1 Å². The number of nitrogens with two attached hydrogens (primary N) is 1. The Bertz CT molecular complexity index is 386. The molecule has 4 nitrogen and oxygen atoms in total. The summed E-state index contributed by atoms with van der Waals surface area (Å²) in [6.07, 6.45) is 1.94. The van der Waals surface area contributed by atoms with Gasteiger partial charge in [0.25, 0.3) is 0 Å². The highest BCUT2D eigenvalue weighted by atomic mass is 79.9. The molecule has 1 aromatic rings. The van der Waals surface area contributed by atoms with E-state index in [1.54, 1.807) is 12.3 Å². The number of carbonyl (C=O) groups excluding carboxylic acids is 1. The zero-order valence-electron chi connectivity index (χ0n) is 8.84. The molecule has 1 unspecified atom stereocenters. The van der Waals surface area contributed by atoms with Gasteiger partial charge in [0.2, 0.25) is 5.91 Å². The molecule has 3 N–H and O–H groups in total. The van der Waals surface area contributed by atoms with Crippen LogP contribution in [-0.4, -0.2) is 17.4 Å². The minimum atomic E-state index is -0.111. The van der Waals surface area contributed by atoms with Crippen LogP contribution in [0.2, 0.25) is 5.15 Å². The van der Waals surface area contributed by atoms with E-state index >= 15 is 0 Å². The lowest BCUT2D eigenvalue weighted by atomic mass is 10.1. The summed E-state index contributed by atoms with van der Waals surface area (Å²) in [5.74, 6) is 0.0404. The van der Waals surface area contributed by atoms with E-state index in [2.05, 4.69) is 26.2 Å². The molecule has 0 bridgehead atoms. The summed E-state index contributed by atoms with van der Waals surface area (Å²) in [5, 5.41) is 2.97. The molecular formula is C10H13BrClN3O. The van der Waals surface area contributed by atoms with E-state index in [9.17, 15) is 4.79 Å². The highest BCUT2D eigenvalue weighted by Crippen LogP contribution is 2.23. The summed E-state index contributed by atoms with van der Waals surface area (Å²) < 4.78 is 0.763. The molecule has 0 aliphatic carbocycles. The van der Waals surface area contributed by atoms with Gasteiger partial charge in [-0.25, -0.2) is 4.98 Å². The minimum Gasteiger partial charge on any atom is -0.330 e. The van der Waals surface area contributed by atoms with Crippen LogP contribution >= 0.6 is 27.5 Å². The zero-order valence-corrected chi connectivity index (χ0v) is 11.2. The van der Waals surface area contributed by atoms with Crippen LogP contribution in [0.5, 0.6) is 0 Å². The second kappa shape index (κ2) is 6.18. The van der Waals surface area contributed by atoms with E-state index in [0.717, 1.165) is 4.47 Å². The Morgan fingerprint density at radius 3 is 3.06 bits per heavy atom. The molecule has 0 spiro atoms. The van der Waals surface area contributed by atoms with Crippen LogP contribution in [0, 0.1) is 5.92 Å². The Morgan fingerprint density at radius 2 is 2.44 bits per heavy atom. The number of nitrogens with one attached hydrogen (secondary N) is 1. The average molecular weight is 307 g/mol. The Balaban J connectivity index is 2.65. The summed E-state index contributed by atoms with van der Waals surface area (Å²) in [5.41, 5.74) is 5.95. The molecule has 6 heteroatoms. The topological polar surface area (TPSA) is 68.0 Å². The molecule has 1 atom stereocenters. The number of amides is 1. The lowest BCUT2D eigenvalue weighted by Gasteiger charge is -2.10. The van der Waals surface area contributed by atoms with Crippen molar-refractivity contribution in [1.82, 2.24) is 4.98 Å². The Labute approximate surface area is 108 Å². The fraction of sp³-hybridized carbons (Fsp3) is 0.400. The van der Waals surface area contributed by atoms with E-state index in [1.807, 2.05) is 6.92 Å². The van der Waals surface area contributed by atoms with Crippen molar-refractivity contribution in [3.63, 3.8) is 0 Å². The molecule has 1 heterocycles. The third-order valence-electron chi connectivity index (χ3n) is 2.02. The quantitative estimate of drug-likeness (QED) is 0.840. The number of anilines is 1. The van der Waals surface area contributed by atoms with Crippen LogP contribution in [0.15, 0.2) is 16.7 Å². The largest absolute Gasteiger partial charge is 0.330 e. The summed E-state index contributed by atoms with van der Waals surface area (Å²) in [4.78, 5) is 15.5. The second-order valence-electron chi connectivity index (χ2n) is 3.59. The van der Waals surface area contributed by atoms with Gasteiger partial charge in [0, 0.05) is 17.1 Å².